The maximum atomic E-state index is 12.3. The first kappa shape index (κ1) is 17.3. The van der Waals surface area contributed by atoms with E-state index in [1.807, 2.05) is 0 Å². The summed E-state index contributed by atoms with van der Waals surface area (Å²) in [7, 11) is 0. The van der Waals surface area contributed by atoms with Gasteiger partial charge in [0.15, 0.2) is 0 Å². The first-order valence-corrected chi connectivity index (χ1v) is 8.55. The Kier molecular flexibility index (Phi) is 4.98. The van der Waals surface area contributed by atoms with Crippen molar-refractivity contribution in [3.63, 3.8) is 0 Å². The van der Waals surface area contributed by atoms with E-state index in [1.165, 1.54) is 18.2 Å². The molecular weight excluding hydrogens is 324 g/mol. The van der Waals surface area contributed by atoms with Gasteiger partial charge in [-0.25, -0.2) is 0 Å². The van der Waals surface area contributed by atoms with E-state index in [-0.39, 0.29) is 36.0 Å². The second-order valence-corrected chi connectivity index (χ2v) is 6.73. The normalized spacial score (nSPS) is 25.6. The number of nitro benzene ring substituents is 1. The van der Waals surface area contributed by atoms with Crippen LogP contribution in [0.2, 0.25) is 0 Å². The van der Waals surface area contributed by atoms with Crippen molar-refractivity contribution in [1.29, 1.82) is 0 Å². The summed E-state index contributed by atoms with van der Waals surface area (Å²) in [4.78, 5) is 34.8. The summed E-state index contributed by atoms with van der Waals surface area (Å²) in [6.07, 6.45) is 4.26. The molecule has 1 heterocycles. The smallest absolute Gasteiger partial charge is 0.269 e. The largest absolute Gasteiger partial charge is 0.350 e. The first-order chi connectivity index (χ1) is 11.9. The Labute approximate surface area is 145 Å². The molecular formula is C17H22N4O4. The molecule has 1 aromatic carbocycles. The van der Waals surface area contributed by atoms with Crippen molar-refractivity contribution in [2.24, 2.45) is 0 Å². The van der Waals surface area contributed by atoms with Gasteiger partial charge in [-0.15, -0.1) is 0 Å². The third kappa shape index (κ3) is 3.96. The highest BCUT2D eigenvalue weighted by atomic mass is 16.6. The van der Waals surface area contributed by atoms with Gasteiger partial charge >= 0.3 is 0 Å². The Morgan fingerprint density at radius 2 is 2.04 bits per heavy atom. The molecule has 3 N–H and O–H groups in total. The van der Waals surface area contributed by atoms with Crippen LogP contribution < -0.4 is 16.0 Å². The minimum Gasteiger partial charge on any atom is -0.350 e. The van der Waals surface area contributed by atoms with Gasteiger partial charge in [0.25, 0.3) is 5.69 Å². The average Bonchev–Trinajstić information content (AvgIpc) is 2.57. The zero-order valence-electron chi connectivity index (χ0n) is 14.1. The number of fused-ring (bicyclic) bond motifs is 1. The molecule has 2 amide bonds. The van der Waals surface area contributed by atoms with E-state index in [1.54, 1.807) is 6.92 Å². The fraction of sp³-hybridized carbons (Fsp3) is 0.529. The molecule has 0 bridgehead atoms. The van der Waals surface area contributed by atoms with Gasteiger partial charge < -0.3 is 16.0 Å². The molecule has 1 saturated carbocycles. The predicted molar refractivity (Wildman–Crippen MR) is 92.2 cm³/mol. The van der Waals surface area contributed by atoms with Crippen molar-refractivity contribution >= 4 is 23.2 Å². The van der Waals surface area contributed by atoms with Crippen LogP contribution in [0.25, 0.3) is 0 Å². The van der Waals surface area contributed by atoms with Gasteiger partial charge in [0.05, 0.1) is 17.4 Å². The van der Waals surface area contributed by atoms with Gasteiger partial charge in [0, 0.05) is 29.9 Å². The van der Waals surface area contributed by atoms with Crippen molar-refractivity contribution in [3.05, 3.63) is 33.9 Å². The van der Waals surface area contributed by atoms with Crippen LogP contribution in [0.1, 0.15) is 37.7 Å². The molecule has 0 radical (unpaired) electrons. The Hall–Kier alpha value is -2.48. The number of hydrogen-bond donors (Lipinski definition) is 3. The maximum absolute atomic E-state index is 12.3. The Balaban J connectivity index is 1.60. The number of benzene rings is 1. The summed E-state index contributed by atoms with van der Waals surface area (Å²) >= 11 is 0. The lowest BCUT2D eigenvalue weighted by molar-refractivity contribution is -0.384. The number of nitrogens with zero attached hydrogens (tertiary/aromatic N) is 1. The number of anilines is 1. The number of carbonyl (C=O) groups is 2. The van der Waals surface area contributed by atoms with Crippen LogP contribution in [0, 0.1) is 17.0 Å². The van der Waals surface area contributed by atoms with Gasteiger partial charge in [0.1, 0.15) is 0 Å². The van der Waals surface area contributed by atoms with Crippen LogP contribution in [-0.2, 0) is 9.59 Å². The van der Waals surface area contributed by atoms with E-state index in [9.17, 15) is 19.7 Å². The van der Waals surface area contributed by atoms with E-state index in [0.717, 1.165) is 25.7 Å². The zero-order valence-corrected chi connectivity index (χ0v) is 14.1. The number of rotatable bonds is 4. The number of piperazine rings is 1. The number of non-ortho nitro benzene ring substituents is 1. The van der Waals surface area contributed by atoms with E-state index in [2.05, 4.69) is 16.0 Å². The Bertz CT molecular complexity index is 706. The molecule has 0 aromatic heterocycles. The molecule has 3 rings (SSSR count). The van der Waals surface area contributed by atoms with Crippen LogP contribution in [0.15, 0.2) is 18.2 Å². The van der Waals surface area contributed by atoms with E-state index >= 15 is 0 Å². The molecule has 8 nitrogen and oxygen atoms in total. The highest BCUT2D eigenvalue weighted by molar-refractivity contribution is 5.96. The van der Waals surface area contributed by atoms with Crippen LogP contribution in [0.4, 0.5) is 11.4 Å². The molecule has 3 unspecified atom stereocenters. The van der Waals surface area contributed by atoms with E-state index in [4.69, 9.17) is 0 Å². The lowest BCUT2D eigenvalue weighted by Gasteiger charge is -2.40. The number of nitro groups is 1. The molecule has 8 heteroatoms. The molecule has 1 saturated heterocycles. The average molecular weight is 346 g/mol. The fourth-order valence-electron chi connectivity index (χ4n) is 3.56. The summed E-state index contributed by atoms with van der Waals surface area (Å²) in [6, 6.07) is 4.12. The first-order valence-electron chi connectivity index (χ1n) is 8.55. The van der Waals surface area contributed by atoms with Gasteiger partial charge in [0.2, 0.25) is 11.8 Å². The summed E-state index contributed by atoms with van der Waals surface area (Å²) in [6.45, 7) is 1.70. The Morgan fingerprint density at radius 1 is 1.32 bits per heavy atom. The SMILES string of the molecule is Cc1cc([N+](=O)[O-])ccc1NC(=O)CC1NC2CCCCC2NC1=O. The molecule has 2 fully saturated rings. The van der Waals surface area contributed by atoms with Crippen molar-refractivity contribution in [3.8, 4) is 0 Å². The highest BCUT2D eigenvalue weighted by Gasteiger charge is 2.36. The van der Waals surface area contributed by atoms with Crippen LogP contribution >= 0.6 is 0 Å². The second kappa shape index (κ2) is 7.18. The molecule has 0 spiro atoms. The van der Waals surface area contributed by atoms with Gasteiger partial charge in [-0.3, -0.25) is 19.7 Å². The lowest BCUT2D eigenvalue weighted by Crippen LogP contribution is -2.65. The van der Waals surface area contributed by atoms with E-state index < -0.39 is 11.0 Å². The molecule has 25 heavy (non-hydrogen) atoms. The minimum absolute atomic E-state index is 0.0211. The number of carbonyl (C=O) groups excluding carboxylic acids is 2. The van der Waals surface area contributed by atoms with Crippen molar-refractivity contribution in [2.75, 3.05) is 5.32 Å². The van der Waals surface area contributed by atoms with Crippen molar-refractivity contribution < 1.29 is 14.5 Å². The molecule has 2 aliphatic rings. The third-order valence-corrected chi connectivity index (χ3v) is 4.91. The summed E-state index contributed by atoms with van der Waals surface area (Å²) in [5.74, 6) is -0.433. The van der Waals surface area contributed by atoms with Crippen molar-refractivity contribution in [2.45, 2.75) is 57.2 Å². The van der Waals surface area contributed by atoms with Gasteiger partial charge in [-0.05, 0) is 31.4 Å². The molecule has 134 valence electrons. The van der Waals surface area contributed by atoms with Crippen LogP contribution in [-0.4, -0.2) is 34.9 Å². The van der Waals surface area contributed by atoms with Gasteiger partial charge in [-0.1, -0.05) is 12.8 Å². The van der Waals surface area contributed by atoms with Crippen LogP contribution in [0.3, 0.4) is 0 Å². The van der Waals surface area contributed by atoms with Crippen LogP contribution in [0.5, 0.6) is 0 Å². The third-order valence-electron chi connectivity index (χ3n) is 4.91. The highest BCUT2D eigenvalue weighted by Crippen LogP contribution is 2.23. The summed E-state index contributed by atoms with van der Waals surface area (Å²) in [5, 5.41) is 19.8. The summed E-state index contributed by atoms with van der Waals surface area (Å²) < 4.78 is 0. The maximum Gasteiger partial charge on any atom is 0.269 e. The van der Waals surface area contributed by atoms with E-state index in [0.29, 0.717) is 11.3 Å². The molecule has 1 aliphatic carbocycles. The Morgan fingerprint density at radius 3 is 2.72 bits per heavy atom. The zero-order chi connectivity index (χ0) is 18.0. The fourth-order valence-corrected chi connectivity index (χ4v) is 3.56. The molecule has 3 atom stereocenters. The monoisotopic (exact) mass is 346 g/mol. The quantitative estimate of drug-likeness (QED) is 0.566. The topological polar surface area (TPSA) is 113 Å². The second-order valence-electron chi connectivity index (χ2n) is 6.73. The molecule has 1 aliphatic heterocycles. The lowest BCUT2D eigenvalue weighted by atomic mass is 9.87. The number of aryl methyl sites for hydroxylation is 1. The standard InChI is InChI=1S/C17H22N4O4/c1-10-8-11(21(24)25)6-7-12(10)19-16(22)9-15-17(23)20-14-5-3-2-4-13(14)18-15/h6-8,13-15,18H,2-5,9H2,1H3,(H,19,22)(H,20,23). The summed E-state index contributed by atoms with van der Waals surface area (Å²) in [5.41, 5.74) is 1.10. The predicted octanol–water partition coefficient (Wildman–Crippen LogP) is 1.63. The minimum atomic E-state index is -0.544. The van der Waals surface area contributed by atoms with Crippen molar-refractivity contribution in [1.82, 2.24) is 10.6 Å². The number of hydrogen-bond acceptors (Lipinski definition) is 5. The van der Waals surface area contributed by atoms with Gasteiger partial charge in [-0.2, -0.15) is 0 Å². The number of nitrogens with one attached hydrogen (secondary N) is 3. The number of amides is 2. The molecule has 1 aromatic rings.